The van der Waals surface area contributed by atoms with E-state index in [0.29, 0.717) is 11.4 Å². The van der Waals surface area contributed by atoms with Crippen LogP contribution in [0.4, 0.5) is 11.4 Å². The summed E-state index contributed by atoms with van der Waals surface area (Å²) in [5, 5.41) is 2.72. The molecule has 0 heterocycles. The van der Waals surface area contributed by atoms with Crippen molar-refractivity contribution in [1.82, 2.24) is 0 Å². The molecule has 0 saturated heterocycles. The maximum Gasteiger partial charge on any atom is 0.233 e. The molecule has 0 aliphatic heterocycles. The summed E-state index contributed by atoms with van der Waals surface area (Å²) in [7, 11) is -3.55. The van der Waals surface area contributed by atoms with Gasteiger partial charge in [-0.15, -0.1) is 0 Å². The number of amides is 1. The first kappa shape index (κ1) is 17.0. The fourth-order valence-corrected chi connectivity index (χ4v) is 3.06. The Kier molecular flexibility index (Phi) is 5.39. The Bertz CT molecular complexity index is 787. The van der Waals surface area contributed by atoms with E-state index in [1.165, 1.54) is 0 Å². The van der Waals surface area contributed by atoms with Gasteiger partial charge in [-0.2, -0.15) is 0 Å². The van der Waals surface area contributed by atoms with Gasteiger partial charge in [0.25, 0.3) is 0 Å². The number of hydrogen-bond acceptors (Lipinski definition) is 3. The lowest BCUT2D eigenvalue weighted by molar-refractivity contribution is -0.115. The second-order valence-electron chi connectivity index (χ2n) is 5.38. The van der Waals surface area contributed by atoms with Gasteiger partial charge in [0.05, 0.1) is 5.75 Å². The molecule has 0 spiro atoms. The Morgan fingerprint density at radius 1 is 0.957 bits per heavy atom. The molecular formula is C17H20N2O3S. The number of carbonyl (C=O) groups is 1. The average Bonchev–Trinajstić information content (AvgIpc) is 2.50. The minimum atomic E-state index is -3.55. The number of rotatable bonds is 6. The molecule has 0 aliphatic carbocycles. The molecule has 2 rings (SSSR count). The lowest BCUT2D eigenvalue weighted by Crippen LogP contribution is -2.22. The van der Waals surface area contributed by atoms with Gasteiger partial charge in [-0.3, -0.25) is 9.52 Å². The van der Waals surface area contributed by atoms with Crippen LogP contribution in [0.2, 0.25) is 0 Å². The highest BCUT2D eigenvalue weighted by molar-refractivity contribution is 7.92. The van der Waals surface area contributed by atoms with Gasteiger partial charge < -0.3 is 5.32 Å². The fourth-order valence-electron chi connectivity index (χ4n) is 2.01. The summed E-state index contributed by atoms with van der Waals surface area (Å²) in [6, 6.07) is 14.2. The van der Waals surface area contributed by atoms with Gasteiger partial charge in [-0.05, 0) is 49.2 Å². The van der Waals surface area contributed by atoms with E-state index in [4.69, 9.17) is 0 Å². The highest BCUT2D eigenvalue weighted by Gasteiger charge is 2.13. The van der Waals surface area contributed by atoms with Crippen LogP contribution < -0.4 is 10.0 Å². The van der Waals surface area contributed by atoms with Crippen molar-refractivity contribution < 1.29 is 13.2 Å². The number of nitrogens with one attached hydrogen (secondary N) is 2. The van der Waals surface area contributed by atoms with E-state index < -0.39 is 10.0 Å². The van der Waals surface area contributed by atoms with E-state index in [9.17, 15) is 13.2 Å². The Hall–Kier alpha value is -2.34. The number of anilines is 2. The van der Waals surface area contributed by atoms with Crippen LogP contribution >= 0.6 is 0 Å². The van der Waals surface area contributed by atoms with Gasteiger partial charge >= 0.3 is 0 Å². The predicted molar refractivity (Wildman–Crippen MR) is 93.0 cm³/mol. The second-order valence-corrected chi connectivity index (χ2v) is 7.23. The van der Waals surface area contributed by atoms with Crippen LogP contribution in [0.1, 0.15) is 17.5 Å². The Labute approximate surface area is 136 Å². The van der Waals surface area contributed by atoms with E-state index in [1.807, 2.05) is 26.0 Å². The molecule has 2 aromatic carbocycles. The van der Waals surface area contributed by atoms with E-state index in [1.54, 1.807) is 36.4 Å². The van der Waals surface area contributed by atoms with Crippen molar-refractivity contribution >= 4 is 27.3 Å². The predicted octanol–water partition coefficient (Wildman–Crippen LogP) is 3.07. The molecule has 0 fully saturated rings. The lowest BCUT2D eigenvalue weighted by Gasteiger charge is -2.09. The zero-order valence-electron chi connectivity index (χ0n) is 13.2. The van der Waals surface area contributed by atoms with Crippen LogP contribution in [-0.4, -0.2) is 20.1 Å². The number of aryl methyl sites for hydroxylation is 2. The van der Waals surface area contributed by atoms with Crippen molar-refractivity contribution in [3.63, 3.8) is 0 Å². The molecule has 5 nitrogen and oxygen atoms in total. The molecule has 0 saturated carbocycles. The molecule has 2 aromatic rings. The Morgan fingerprint density at radius 2 is 1.65 bits per heavy atom. The first-order valence-corrected chi connectivity index (χ1v) is 8.93. The fraction of sp³-hybridized carbons (Fsp3) is 0.235. The van der Waals surface area contributed by atoms with Crippen molar-refractivity contribution in [2.24, 2.45) is 0 Å². The van der Waals surface area contributed by atoms with Crippen LogP contribution in [-0.2, 0) is 14.8 Å². The number of para-hydroxylation sites is 1. The monoisotopic (exact) mass is 332 g/mol. The number of hydrogen-bond donors (Lipinski definition) is 2. The second kappa shape index (κ2) is 7.28. The third-order valence-electron chi connectivity index (χ3n) is 3.44. The van der Waals surface area contributed by atoms with Gasteiger partial charge in [0.15, 0.2) is 0 Å². The van der Waals surface area contributed by atoms with Crippen molar-refractivity contribution in [3.05, 3.63) is 59.7 Å². The summed E-state index contributed by atoms with van der Waals surface area (Å²) in [6.45, 7) is 3.95. The van der Waals surface area contributed by atoms with Gasteiger partial charge in [0.2, 0.25) is 15.9 Å². The first-order valence-electron chi connectivity index (χ1n) is 7.28. The molecule has 0 aromatic heterocycles. The summed E-state index contributed by atoms with van der Waals surface area (Å²) in [6.07, 6.45) is -0.102. The summed E-state index contributed by atoms with van der Waals surface area (Å²) >= 11 is 0. The summed E-state index contributed by atoms with van der Waals surface area (Å²) in [5.41, 5.74) is 3.37. The average molecular weight is 332 g/mol. The van der Waals surface area contributed by atoms with Crippen molar-refractivity contribution in [3.8, 4) is 0 Å². The minimum absolute atomic E-state index is 0.102. The molecule has 2 N–H and O–H groups in total. The molecule has 0 unspecified atom stereocenters. The number of carbonyl (C=O) groups excluding carboxylic acids is 1. The van der Waals surface area contributed by atoms with Gasteiger partial charge in [0, 0.05) is 17.8 Å². The Balaban J connectivity index is 1.89. The smallest absolute Gasteiger partial charge is 0.233 e. The quantitative estimate of drug-likeness (QED) is 0.853. The topological polar surface area (TPSA) is 75.3 Å². The lowest BCUT2D eigenvalue weighted by atomic mass is 10.1. The number of sulfonamides is 1. The molecule has 122 valence electrons. The van der Waals surface area contributed by atoms with Gasteiger partial charge in [-0.1, -0.05) is 24.3 Å². The molecule has 0 bridgehead atoms. The van der Waals surface area contributed by atoms with E-state index in [0.717, 1.165) is 11.1 Å². The SMILES string of the molecule is Cc1ccc(NC(=O)CCS(=O)(=O)Nc2ccccc2)cc1C. The highest BCUT2D eigenvalue weighted by atomic mass is 32.2. The van der Waals surface area contributed by atoms with Crippen molar-refractivity contribution in [1.29, 1.82) is 0 Å². The molecule has 0 atom stereocenters. The Morgan fingerprint density at radius 3 is 2.30 bits per heavy atom. The first-order chi connectivity index (χ1) is 10.9. The zero-order valence-corrected chi connectivity index (χ0v) is 14.0. The summed E-state index contributed by atoms with van der Waals surface area (Å²) < 4.78 is 26.4. The number of benzene rings is 2. The molecule has 23 heavy (non-hydrogen) atoms. The molecule has 0 aliphatic rings. The standard InChI is InChI=1S/C17H20N2O3S/c1-13-8-9-16(12-14(13)2)18-17(20)10-11-23(21,22)19-15-6-4-3-5-7-15/h3-9,12,19H,10-11H2,1-2H3,(H,18,20). The van der Waals surface area contributed by atoms with Gasteiger partial charge in [-0.25, -0.2) is 8.42 Å². The molecule has 0 radical (unpaired) electrons. The maximum atomic E-state index is 12.0. The normalized spacial score (nSPS) is 11.0. The van der Waals surface area contributed by atoms with Gasteiger partial charge in [0.1, 0.15) is 0 Å². The van der Waals surface area contributed by atoms with Crippen LogP contribution in [0.15, 0.2) is 48.5 Å². The third-order valence-corrected chi connectivity index (χ3v) is 4.72. The molecule has 6 heteroatoms. The largest absolute Gasteiger partial charge is 0.326 e. The van der Waals surface area contributed by atoms with E-state index >= 15 is 0 Å². The highest BCUT2D eigenvalue weighted by Crippen LogP contribution is 2.14. The van der Waals surface area contributed by atoms with Crippen LogP contribution in [0.3, 0.4) is 0 Å². The van der Waals surface area contributed by atoms with Crippen molar-refractivity contribution in [2.45, 2.75) is 20.3 Å². The summed E-state index contributed by atoms with van der Waals surface area (Å²) in [5.74, 6) is -0.592. The minimum Gasteiger partial charge on any atom is -0.326 e. The zero-order chi connectivity index (χ0) is 16.9. The van der Waals surface area contributed by atoms with E-state index in [2.05, 4.69) is 10.0 Å². The third kappa shape index (κ3) is 5.41. The molecular weight excluding hydrogens is 312 g/mol. The van der Waals surface area contributed by atoms with Crippen LogP contribution in [0.25, 0.3) is 0 Å². The molecule has 1 amide bonds. The van der Waals surface area contributed by atoms with Crippen LogP contribution in [0, 0.1) is 13.8 Å². The van der Waals surface area contributed by atoms with E-state index in [-0.39, 0.29) is 18.1 Å². The van der Waals surface area contributed by atoms with Crippen LogP contribution in [0.5, 0.6) is 0 Å². The maximum absolute atomic E-state index is 12.0. The summed E-state index contributed by atoms with van der Waals surface area (Å²) in [4.78, 5) is 11.9. The van der Waals surface area contributed by atoms with Crippen molar-refractivity contribution in [2.75, 3.05) is 15.8 Å².